The van der Waals surface area contributed by atoms with Crippen LogP contribution in [0.15, 0.2) is 54.9 Å². The number of halogens is 1. The Morgan fingerprint density at radius 3 is 2.61 bits per heavy atom. The molecule has 3 heterocycles. The minimum absolute atomic E-state index is 0.130. The van der Waals surface area contributed by atoms with Crippen molar-refractivity contribution in [3.8, 4) is 16.9 Å². The van der Waals surface area contributed by atoms with Crippen LogP contribution < -0.4 is 4.74 Å². The summed E-state index contributed by atoms with van der Waals surface area (Å²) >= 11 is 6.54. The van der Waals surface area contributed by atoms with Gasteiger partial charge in [0.05, 0.1) is 37.6 Å². The SMILES string of the molecule is COc1ccc(-c2cc(Cl)cc3c4ccncc4n(CC4(C)COC4)c23)cc1. The van der Waals surface area contributed by atoms with Crippen molar-refractivity contribution in [2.75, 3.05) is 20.3 Å². The van der Waals surface area contributed by atoms with Gasteiger partial charge in [-0.3, -0.25) is 4.98 Å². The van der Waals surface area contributed by atoms with Crippen LogP contribution in [0.2, 0.25) is 5.02 Å². The van der Waals surface area contributed by atoms with E-state index in [9.17, 15) is 0 Å². The van der Waals surface area contributed by atoms with Crippen LogP contribution in [0.1, 0.15) is 6.92 Å². The molecule has 1 saturated heterocycles. The maximum absolute atomic E-state index is 6.54. The standard InChI is InChI=1S/C23H21ClN2O2/c1-23(13-28-14-23)12-26-21-11-25-8-7-18(21)20-10-16(24)9-19(22(20)26)15-3-5-17(27-2)6-4-15/h3-11H,12-14H2,1-2H3. The molecule has 28 heavy (non-hydrogen) atoms. The van der Waals surface area contributed by atoms with E-state index < -0.39 is 0 Å². The predicted molar refractivity (Wildman–Crippen MR) is 113 cm³/mol. The topological polar surface area (TPSA) is 36.3 Å². The van der Waals surface area contributed by atoms with Crippen LogP contribution in [-0.4, -0.2) is 29.9 Å². The van der Waals surface area contributed by atoms with E-state index in [1.807, 2.05) is 30.6 Å². The molecule has 0 aliphatic carbocycles. The Kier molecular flexibility index (Phi) is 4.07. The fourth-order valence-corrected chi connectivity index (χ4v) is 4.34. The zero-order valence-electron chi connectivity index (χ0n) is 15.9. The minimum Gasteiger partial charge on any atom is -0.497 e. The zero-order chi connectivity index (χ0) is 19.3. The predicted octanol–water partition coefficient (Wildman–Crippen LogP) is 5.56. The molecule has 4 nitrogen and oxygen atoms in total. The second kappa shape index (κ2) is 6.50. The summed E-state index contributed by atoms with van der Waals surface area (Å²) in [5.74, 6) is 0.839. The maximum Gasteiger partial charge on any atom is 0.118 e. The first-order valence-corrected chi connectivity index (χ1v) is 9.73. The molecule has 0 bridgehead atoms. The van der Waals surface area contributed by atoms with Gasteiger partial charge in [-0.05, 0) is 35.9 Å². The first kappa shape index (κ1) is 17.5. The van der Waals surface area contributed by atoms with Gasteiger partial charge in [0.1, 0.15) is 5.75 Å². The first-order chi connectivity index (χ1) is 13.6. The number of aromatic nitrogens is 2. The molecule has 4 aromatic rings. The fourth-order valence-electron chi connectivity index (χ4n) is 4.12. The molecule has 142 valence electrons. The summed E-state index contributed by atoms with van der Waals surface area (Å²) in [5.41, 5.74) is 4.67. The molecule has 1 fully saturated rings. The first-order valence-electron chi connectivity index (χ1n) is 9.36. The minimum atomic E-state index is 0.130. The highest BCUT2D eigenvalue weighted by Gasteiger charge is 2.35. The number of rotatable bonds is 4. The smallest absolute Gasteiger partial charge is 0.118 e. The number of pyridine rings is 1. The fraction of sp³-hybridized carbons (Fsp3) is 0.261. The molecule has 0 spiro atoms. The molecule has 5 rings (SSSR count). The van der Waals surface area contributed by atoms with Crippen LogP contribution in [0.4, 0.5) is 0 Å². The van der Waals surface area contributed by atoms with Crippen molar-refractivity contribution in [1.82, 2.24) is 9.55 Å². The Morgan fingerprint density at radius 1 is 1.14 bits per heavy atom. The van der Waals surface area contributed by atoms with E-state index in [0.29, 0.717) is 0 Å². The number of hydrogen-bond donors (Lipinski definition) is 0. The average molecular weight is 393 g/mol. The highest BCUT2D eigenvalue weighted by molar-refractivity contribution is 6.32. The van der Waals surface area contributed by atoms with Crippen LogP contribution in [0, 0.1) is 5.41 Å². The van der Waals surface area contributed by atoms with Crippen LogP contribution >= 0.6 is 11.6 Å². The molecule has 0 unspecified atom stereocenters. The lowest BCUT2D eigenvalue weighted by atomic mass is 9.88. The van der Waals surface area contributed by atoms with E-state index in [2.05, 4.69) is 40.7 Å². The molecule has 1 aliphatic heterocycles. The zero-order valence-corrected chi connectivity index (χ0v) is 16.7. The van der Waals surface area contributed by atoms with E-state index >= 15 is 0 Å². The highest BCUT2D eigenvalue weighted by atomic mass is 35.5. The quantitative estimate of drug-likeness (QED) is 0.456. The van der Waals surface area contributed by atoms with Gasteiger partial charge in [0.2, 0.25) is 0 Å². The molecule has 5 heteroatoms. The molecule has 2 aromatic heterocycles. The van der Waals surface area contributed by atoms with Gasteiger partial charge in [0, 0.05) is 39.5 Å². The number of hydrogen-bond acceptors (Lipinski definition) is 3. The van der Waals surface area contributed by atoms with E-state index in [-0.39, 0.29) is 5.41 Å². The van der Waals surface area contributed by atoms with Crippen molar-refractivity contribution in [1.29, 1.82) is 0 Å². The lowest BCUT2D eigenvalue weighted by molar-refractivity contribution is -0.109. The van der Waals surface area contributed by atoms with Gasteiger partial charge in [-0.2, -0.15) is 0 Å². The van der Waals surface area contributed by atoms with Crippen LogP contribution in [0.5, 0.6) is 5.75 Å². The average Bonchev–Trinajstić information content (AvgIpc) is 3.00. The molecule has 1 aliphatic rings. The van der Waals surface area contributed by atoms with Crippen LogP contribution in [0.3, 0.4) is 0 Å². The van der Waals surface area contributed by atoms with Crippen molar-refractivity contribution in [3.05, 3.63) is 59.9 Å². The van der Waals surface area contributed by atoms with E-state index in [4.69, 9.17) is 21.1 Å². The van der Waals surface area contributed by atoms with Crippen molar-refractivity contribution in [3.63, 3.8) is 0 Å². The van der Waals surface area contributed by atoms with Gasteiger partial charge in [0.15, 0.2) is 0 Å². The van der Waals surface area contributed by atoms with Gasteiger partial charge in [0.25, 0.3) is 0 Å². The Hall–Kier alpha value is -2.56. The summed E-state index contributed by atoms with van der Waals surface area (Å²) in [6.07, 6.45) is 3.79. The summed E-state index contributed by atoms with van der Waals surface area (Å²) in [6, 6.07) is 14.3. The number of methoxy groups -OCH3 is 1. The second-order valence-electron chi connectivity index (χ2n) is 7.86. The van der Waals surface area contributed by atoms with Gasteiger partial charge in [-0.1, -0.05) is 30.7 Å². The summed E-state index contributed by atoms with van der Waals surface area (Å²) in [7, 11) is 1.68. The molecule has 0 radical (unpaired) electrons. The van der Waals surface area contributed by atoms with Gasteiger partial charge in [-0.25, -0.2) is 0 Å². The van der Waals surface area contributed by atoms with E-state index in [1.165, 1.54) is 10.9 Å². The number of ether oxygens (including phenoxy) is 2. The number of nitrogens with zero attached hydrogens (tertiary/aromatic N) is 2. The molecular weight excluding hydrogens is 372 g/mol. The van der Waals surface area contributed by atoms with Crippen LogP contribution in [-0.2, 0) is 11.3 Å². The molecule has 0 saturated carbocycles. The summed E-state index contributed by atoms with van der Waals surface area (Å²) in [4.78, 5) is 4.39. The molecule has 0 atom stereocenters. The van der Waals surface area contributed by atoms with Crippen molar-refractivity contribution < 1.29 is 9.47 Å². The Morgan fingerprint density at radius 2 is 1.93 bits per heavy atom. The molecular formula is C23H21ClN2O2. The second-order valence-corrected chi connectivity index (χ2v) is 8.30. The Balaban J connectivity index is 1.82. The van der Waals surface area contributed by atoms with Gasteiger partial charge in [-0.15, -0.1) is 0 Å². The van der Waals surface area contributed by atoms with Crippen molar-refractivity contribution in [2.45, 2.75) is 13.5 Å². The van der Waals surface area contributed by atoms with E-state index in [1.54, 1.807) is 7.11 Å². The Labute approximate surface area is 168 Å². The van der Waals surface area contributed by atoms with Crippen molar-refractivity contribution >= 4 is 33.4 Å². The van der Waals surface area contributed by atoms with Gasteiger partial charge < -0.3 is 14.0 Å². The third-order valence-corrected chi connectivity index (χ3v) is 5.79. The highest BCUT2D eigenvalue weighted by Crippen LogP contribution is 2.41. The van der Waals surface area contributed by atoms with Gasteiger partial charge >= 0.3 is 0 Å². The summed E-state index contributed by atoms with van der Waals surface area (Å²) in [5, 5.41) is 3.05. The lowest BCUT2D eigenvalue weighted by Crippen LogP contribution is -2.43. The summed E-state index contributed by atoms with van der Waals surface area (Å²) in [6.45, 7) is 4.71. The Bertz CT molecular complexity index is 1180. The molecule has 0 N–H and O–H groups in total. The third-order valence-electron chi connectivity index (χ3n) is 5.57. The normalized spacial score (nSPS) is 15.7. The largest absolute Gasteiger partial charge is 0.497 e. The number of fused-ring (bicyclic) bond motifs is 3. The lowest BCUT2D eigenvalue weighted by Gasteiger charge is -2.38. The third kappa shape index (κ3) is 2.76. The number of benzene rings is 2. The van der Waals surface area contributed by atoms with Crippen molar-refractivity contribution in [2.24, 2.45) is 5.41 Å². The molecule has 0 amide bonds. The molecule has 2 aromatic carbocycles. The van der Waals surface area contributed by atoms with E-state index in [0.717, 1.165) is 52.6 Å². The maximum atomic E-state index is 6.54. The monoisotopic (exact) mass is 392 g/mol. The summed E-state index contributed by atoms with van der Waals surface area (Å²) < 4.78 is 13.2. The van der Waals surface area contributed by atoms with Crippen LogP contribution in [0.25, 0.3) is 32.9 Å².